The minimum absolute atomic E-state index is 0.120. The van der Waals surface area contributed by atoms with Gasteiger partial charge in [-0.05, 0) is 60.9 Å². The van der Waals surface area contributed by atoms with Gasteiger partial charge in [-0.3, -0.25) is 9.89 Å². The van der Waals surface area contributed by atoms with E-state index in [9.17, 15) is 4.79 Å². The quantitative estimate of drug-likeness (QED) is 0.411. The first-order valence-corrected chi connectivity index (χ1v) is 11.0. The summed E-state index contributed by atoms with van der Waals surface area (Å²) in [7, 11) is 1.69. The van der Waals surface area contributed by atoms with Crippen molar-refractivity contribution in [2.45, 2.75) is 12.8 Å². The standard InChI is InChI=1S/C27H25N3O3/c1-32-22-12-14-23-20(17-22)11-13-24-25(29-30-26(23)24)18-7-9-19(10-8-18)27(31)28-15-16-33-21-5-3-2-4-6-21/h2-10,12,14,17H,11,13,15-16H2,1H3,(H,28,31)(H,29,30). The fraction of sp³-hybridized carbons (Fsp3) is 0.185. The molecule has 0 radical (unpaired) electrons. The van der Waals surface area contributed by atoms with Gasteiger partial charge < -0.3 is 14.8 Å². The SMILES string of the molecule is COc1ccc2c(c1)CCc1c(-c3ccc(C(=O)NCCOc4ccccc4)cc3)n[nH]c1-2. The summed E-state index contributed by atoms with van der Waals surface area (Å²) in [5.41, 5.74) is 7.25. The van der Waals surface area contributed by atoms with E-state index in [1.54, 1.807) is 7.11 Å². The maximum absolute atomic E-state index is 12.5. The number of fused-ring (bicyclic) bond motifs is 3. The number of rotatable bonds is 7. The van der Waals surface area contributed by atoms with Crippen LogP contribution in [-0.4, -0.2) is 36.4 Å². The van der Waals surface area contributed by atoms with E-state index < -0.39 is 0 Å². The van der Waals surface area contributed by atoms with E-state index in [0.29, 0.717) is 18.7 Å². The van der Waals surface area contributed by atoms with Gasteiger partial charge in [-0.2, -0.15) is 5.10 Å². The average Bonchev–Trinajstić information content (AvgIpc) is 3.31. The lowest BCUT2D eigenvalue weighted by Crippen LogP contribution is -2.28. The van der Waals surface area contributed by atoms with Crippen LogP contribution < -0.4 is 14.8 Å². The Morgan fingerprint density at radius 3 is 2.61 bits per heavy atom. The van der Waals surface area contributed by atoms with Gasteiger partial charge in [0, 0.05) is 22.3 Å². The van der Waals surface area contributed by atoms with E-state index >= 15 is 0 Å². The molecule has 2 N–H and O–H groups in total. The Morgan fingerprint density at radius 2 is 1.82 bits per heavy atom. The topological polar surface area (TPSA) is 76.2 Å². The number of aromatic amines is 1. The van der Waals surface area contributed by atoms with Crippen molar-refractivity contribution in [3.8, 4) is 34.0 Å². The van der Waals surface area contributed by atoms with Crippen LogP contribution in [-0.2, 0) is 12.8 Å². The molecule has 0 bridgehead atoms. The van der Waals surface area contributed by atoms with Gasteiger partial charge in [0.05, 0.1) is 25.0 Å². The highest BCUT2D eigenvalue weighted by Gasteiger charge is 2.23. The third-order valence-electron chi connectivity index (χ3n) is 5.91. The number of nitrogens with one attached hydrogen (secondary N) is 2. The molecule has 3 aromatic carbocycles. The third kappa shape index (κ3) is 4.32. The van der Waals surface area contributed by atoms with Crippen molar-refractivity contribution in [3.63, 3.8) is 0 Å². The summed E-state index contributed by atoms with van der Waals surface area (Å²) in [6.45, 7) is 0.854. The second-order valence-electron chi connectivity index (χ2n) is 7.94. The predicted octanol–water partition coefficient (Wildman–Crippen LogP) is 4.66. The van der Waals surface area contributed by atoms with Crippen molar-refractivity contribution in [1.82, 2.24) is 15.5 Å². The van der Waals surface area contributed by atoms with Crippen molar-refractivity contribution in [3.05, 3.63) is 89.5 Å². The zero-order chi connectivity index (χ0) is 22.6. The van der Waals surface area contributed by atoms with Gasteiger partial charge in [0.15, 0.2) is 0 Å². The molecule has 0 fully saturated rings. The van der Waals surface area contributed by atoms with E-state index in [-0.39, 0.29) is 5.91 Å². The van der Waals surface area contributed by atoms with Gasteiger partial charge in [0.1, 0.15) is 18.1 Å². The maximum Gasteiger partial charge on any atom is 0.251 e. The lowest BCUT2D eigenvalue weighted by molar-refractivity contribution is 0.0947. The van der Waals surface area contributed by atoms with Crippen molar-refractivity contribution in [2.75, 3.05) is 20.3 Å². The number of hydrogen-bond donors (Lipinski definition) is 2. The van der Waals surface area contributed by atoms with Crippen LogP contribution in [0.3, 0.4) is 0 Å². The summed E-state index contributed by atoms with van der Waals surface area (Å²) < 4.78 is 11.0. The second-order valence-corrected chi connectivity index (χ2v) is 7.94. The van der Waals surface area contributed by atoms with Crippen LogP contribution in [0, 0.1) is 0 Å². The number of H-pyrrole nitrogens is 1. The highest BCUT2D eigenvalue weighted by Crippen LogP contribution is 2.38. The molecule has 0 spiro atoms. The molecule has 1 aliphatic carbocycles. The van der Waals surface area contributed by atoms with Gasteiger partial charge in [0.2, 0.25) is 0 Å². The minimum Gasteiger partial charge on any atom is -0.497 e. The van der Waals surface area contributed by atoms with Crippen LogP contribution in [0.2, 0.25) is 0 Å². The van der Waals surface area contributed by atoms with Crippen LogP contribution in [0.5, 0.6) is 11.5 Å². The Kier molecular flexibility index (Phi) is 5.81. The summed E-state index contributed by atoms with van der Waals surface area (Å²) in [5, 5.41) is 10.7. The molecule has 33 heavy (non-hydrogen) atoms. The Morgan fingerprint density at radius 1 is 1.00 bits per heavy atom. The Labute approximate surface area is 192 Å². The first-order valence-electron chi connectivity index (χ1n) is 11.0. The van der Waals surface area contributed by atoms with Crippen molar-refractivity contribution < 1.29 is 14.3 Å². The fourth-order valence-electron chi connectivity index (χ4n) is 4.21. The van der Waals surface area contributed by atoms with Crippen LogP contribution in [0.1, 0.15) is 21.5 Å². The number of amides is 1. The molecule has 6 heteroatoms. The van der Waals surface area contributed by atoms with Crippen LogP contribution in [0.15, 0.2) is 72.8 Å². The largest absolute Gasteiger partial charge is 0.497 e. The predicted molar refractivity (Wildman–Crippen MR) is 128 cm³/mol. The van der Waals surface area contributed by atoms with Crippen LogP contribution in [0.25, 0.3) is 22.5 Å². The monoisotopic (exact) mass is 439 g/mol. The van der Waals surface area contributed by atoms with Gasteiger partial charge in [-0.1, -0.05) is 30.3 Å². The summed E-state index contributed by atoms with van der Waals surface area (Å²) in [6, 6.07) is 23.3. The molecule has 0 saturated carbocycles. The number of methoxy groups -OCH3 is 1. The van der Waals surface area contributed by atoms with E-state index in [1.807, 2.05) is 60.7 Å². The van der Waals surface area contributed by atoms with E-state index in [2.05, 4.69) is 27.6 Å². The number of aromatic nitrogens is 2. The van der Waals surface area contributed by atoms with Crippen molar-refractivity contribution >= 4 is 5.91 Å². The molecule has 166 valence electrons. The zero-order valence-electron chi connectivity index (χ0n) is 18.4. The summed E-state index contributed by atoms with van der Waals surface area (Å²) >= 11 is 0. The Balaban J connectivity index is 1.25. The molecule has 1 aliphatic rings. The fourth-order valence-corrected chi connectivity index (χ4v) is 4.21. The molecule has 0 aliphatic heterocycles. The number of aryl methyl sites for hydroxylation is 1. The molecule has 0 atom stereocenters. The molecular formula is C27H25N3O3. The highest BCUT2D eigenvalue weighted by atomic mass is 16.5. The summed E-state index contributed by atoms with van der Waals surface area (Å²) in [5.74, 6) is 1.54. The number of ether oxygens (including phenoxy) is 2. The van der Waals surface area contributed by atoms with Gasteiger partial charge >= 0.3 is 0 Å². The second kappa shape index (κ2) is 9.20. The third-order valence-corrected chi connectivity index (χ3v) is 5.91. The molecule has 0 saturated heterocycles. The lowest BCUT2D eigenvalue weighted by atomic mass is 9.87. The molecule has 1 amide bonds. The minimum atomic E-state index is -0.120. The number of para-hydroxylation sites is 1. The van der Waals surface area contributed by atoms with Crippen molar-refractivity contribution in [1.29, 1.82) is 0 Å². The van der Waals surface area contributed by atoms with Crippen LogP contribution in [0.4, 0.5) is 0 Å². The summed E-state index contributed by atoms with van der Waals surface area (Å²) in [6.07, 6.45) is 1.85. The number of carbonyl (C=O) groups excluding carboxylic acids is 1. The Hall–Kier alpha value is -4.06. The van der Waals surface area contributed by atoms with Gasteiger partial charge in [0.25, 0.3) is 5.91 Å². The smallest absolute Gasteiger partial charge is 0.251 e. The van der Waals surface area contributed by atoms with E-state index in [1.165, 1.54) is 16.7 Å². The molecule has 4 aromatic rings. The van der Waals surface area contributed by atoms with E-state index in [0.717, 1.165) is 41.3 Å². The molecular weight excluding hydrogens is 414 g/mol. The van der Waals surface area contributed by atoms with Crippen molar-refractivity contribution in [2.24, 2.45) is 0 Å². The van der Waals surface area contributed by atoms with Gasteiger partial charge in [-0.15, -0.1) is 0 Å². The molecule has 6 nitrogen and oxygen atoms in total. The maximum atomic E-state index is 12.5. The number of carbonyl (C=O) groups is 1. The normalized spacial score (nSPS) is 11.9. The van der Waals surface area contributed by atoms with E-state index in [4.69, 9.17) is 9.47 Å². The number of benzene rings is 3. The lowest BCUT2D eigenvalue weighted by Gasteiger charge is -2.17. The highest BCUT2D eigenvalue weighted by molar-refractivity contribution is 5.94. The summed E-state index contributed by atoms with van der Waals surface area (Å²) in [4.78, 5) is 12.5. The molecule has 1 aromatic heterocycles. The molecule has 0 unspecified atom stereocenters. The Bertz CT molecular complexity index is 1260. The van der Waals surface area contributed by atoms with Crippen LogP contribution >= 0.6 is 0 Å². The molecule has 1 heterocycles. The number of hydrogen-bond acceptors (Lipinski definition) is 4. The average molecular weight is 440 g/mol. The molecule has 5 rings (SSSR count). The first kappa shape index (κ1) is 20.8. The first-order chi connectivity index (χ1) is 16.2. The number of nitrogens with zero attached hydrogens (tertiary/aromatic N) is 1. The zero-order valence-corrected chi connectivity index (χ0v) is 18.4. The van der Waals surface area contributed by atoms with Gasteiger partial charge in [-0.25, -0.2) is 0 Å².